The predicted molar refractivity (Wildman–Crippen MR) is 81.4 cm³/mol. The van der Waals surface area contributed by atoms with Gasteiger partial charge in [0.2, 0.25) is 0 Å². The van der Waals surface area contributed by atoms with Gasteiger partial charge in [-0.2, -0.15) is 5.26 Å². The summed E-state index contributed by atoms with van der Waals surface area (Å²) in [6, 6.07) is 6.26. The molecular weight excluding hydrogens is 264 g/mol. The Bertz CT molecular complexity index is 587. The Morgan fingerprint density at radius 1 is 1.52 bits per heavy atom. The number of hydrogen-bond donors (Lipinski definition) is 1. The second-order valence-electron chi connectivity index (χ2n) is 6.28. The molecule has 0 radical (unpaired) electrons. The first-order valence-electron chi connectivity index (χ1n) is 7.43. The van der Waals surface area contributed by atoms with Crippen LogP contribution in [0.4, 0.5) is 4.79 Å². The molecule has 0 spiro atoms. The molecule has 0 aliphatic carbocycles. The summed E-state index contributed by atoms with van der Waals surface area (Å²) < 4.78 is 0. The number of carboxylic acid groups (broad SMARTS) is 1. The zero-order valence-electron chi connectivity index (χ0n) is 12.9. The van der Waals surface area contributed by atoms with E-state index in [-0.39, 0.29) is 5.92 Å². The first kappa shape index (κ1) is 15.4. The fourth-order valence-electron chi connectivity index (χ4n) is 3.15. The van der Waals surface area contributed by atoms with Gasteiger partial charge in [0.15, 0.2) is 0 Å². The van der Waals surface area contributed by atoms with Gasteiger partial charge in [0.05, 0.1) is 11.6 Å². The van der Waals surface area contributed by atoms with Crippen LogP contribution in [0.3, 0.4) is 0 Å². The number of nitriles is 1. The van der Waals surface area contributed by atoms with E-state index in [2.05, 4.69) is 26.0 Å². The molecule has 0 fully saturated rings. The van der Waals surface area contributed by atoms with Gasteiger partial charge in [0.1, 0.15) is 0 Å². The first-order chi connectivity index (χ1) is 9.92. The summed E-state index contributed by atoms with van der Waals surface area (Å²) in [5.41, 5.74) is 4.03. The molecule has 112 valence electrons. The summed E-state index contributed by atoms with van der Waals surface area (Å²) in [7, 11) is 0. The lowest BCUT2D eigenvalue weighted by atomic mass is 9.85. The van der Waals surface area contributed by atoms with Gasteiger partial charge in [-0.1, -0.05) is 19.9 Å². The maximum Gasteiger partial charge on any atom is 0.407 e. The number of nitrogens with zero attached hydrogens (tertiary/aromatic N) is 2. The molecule has 0 bridgehead atoms. The summed E-state index contributed by atoms with van der Waals surface area (Å²) in [5, 5.41) is 18.5. The molecule has 1 atom stereocenters. The van der Waals surface area contributed by atoms with Crippen LogP contribution in [0.15, 0.2) is 12.1 Å². The van der Waals surface area contributed by atoms with Crippen LogP contribution >= 0.6 is 0 Å². The van der Waals surface area contributed by atoms with Crippen LogP contribution in [0.5, 0.6) is 0 Å². The quantitative estimate of drug-likeness (QED) is 0.904. The Morgan fingerprint density at radius 2 is 2.24 bits per heavy atom. The maximum absolute atomic E-state index is 11.4. The number of fused-ring (bicyclic) bond motifs is 1. The van der Waals surface area contributed by atoms with Gasteiger partial charge in [0.25, 0.3) is 0 Å². The Labute approximate surface area is 126 Å². The van der Waals surface area contributed by atoms with E-state index >= 15 is 0 Å². The third-order valence-electron chi connectivity index (χ3n) is 4.16. The highest BCUT2D eigenvalue weighted by Crippen LogP contribution is 2.32. The molecule has 1 aromatic rings. The molecule has 4 nitrogen and oxygen atoms in total. The van der Waals surface area contributed by atoms with Crippen molar-refractivity contribution in [2.45, 2.75) is 39.5 Å². The van der Waals surface area contributed by atoms with Crippen molar-refractivity contribution in [1.82, 2.24) is 4.90 Å². The fraction of sp³-hybridized carbons (Fsp3) is 0.529. The minimum atomic E-state index is -0.853. The van der Waals surface area contributed by atoms with E-state index in [0.717, 1.165) is 17.5 Å². The van der Waals surface area contributed by atoms with Crippen LogP contribution in [0.1, 0.15) is 48.4 Å². The van der Waals surface area contributed by atoms with Gasteiger partial charge < -0.3 is 10.0 Å². The van der Waals surface area contributed by atoms with Crippen molar-refractivity contribution in [3.05, 3.63) is 34.4 Å². The van der Waals surface area contributed by atoms with Crippen molar-refractivity contribution in [1.29, 1.82) is 5.26 Å². The molecule has 1 aliphatic rings. The van der Waals surface area contributed by atoms with E-state index in [1.807, 2.05) is 13.0 Å². The molecule has 1 aliphatic heterocycles. The normalized spacial score (nSPS) is 18.0. The Hall–Kier alpha value is -2.02. The Morgan fingerprint density at radius 3 is 2.81 bits per heavy atom. The Balaban J connectivity index is 2.45. The van der Waals surface area contributed by atoms with E-state index in [0.29, 0.717) is 31.0 Å². The number of benzene rings is 1. The molecular formula is C17H22N2O2. The lowest BCUT2D eigenvalue weighted by Crippen LogP contribution is -2.33. The highest BCUT2D eigenvalue weighted by Gasteiger charge is 2.26. The second kappa shape index (κ2) is 6.17. The average Bonchev–Trinajstić information content (AvgIpc) is 2.57. The molecule has 1 N–H and O–H groups in total. The lowest BCUT2D eigenvalue weighted by Gasteiger charge is -2.24. The number of amides is 1. The largest absolute Gasteiger partial charge is 0.465 e. The standard InChI is InChI=1S/C17H22N2O2/c1-11(2)6-15-10-19(17(20)21)5-4-13-8-14(9-18)12(3)7-16(13)15/h7-8,11,15H,4-6,10H2,1-3H3,(H,20,21). The second-order valence-corrected chi connectivity index (χ2v) is 6.28. The molecule has 0 saturated heterocycles. The van der Waals surface area contributed by atoms with Crippen molar-refractivity contribution in [3.63, 3.8) is 0 Å². The smallest absolute Gasteiger partial charge is 0.407 e. The van der Waals surface area contributed by atoms with Crippen molar-refractivity contribution in [3.8, 4) is 6.07 Å². The van der Waals surface area contributed by atoms with Crippen molar-refractivity contribution in [2.24, 2.45) is 5.92 Å². The molecule has 1 unspecified atom stereocenters. The van der Waals surface area contributed by atoms with Crippen molar-refractivity contribution in [2.75, 3.05) is 13.1 Å². The zero-order valence-corrected chi connectivity index (χ0v) is 12.9. The van der Waals surface area contributed by atoms with Gasteiger partial charge in [-0.3, -0.25) is 0 Å². The molecule has 21 heavy (non-hydrogen) atoms. The van der Waals surface area contributed by atoms with Gasteiger partial charge in [-0.25, -0.2) is 4.79 Å². The SMILES string of the molecule is Cc1cc2c(cc1C#N)CCN(C(=O)O)CC2CC(C)C. The molecule has 4 heteroatoms. The maximum atomic E-state index is 11.4. The minimum absolute atomic E-state index is 0.213. The van der Waals surface area contributed by atoms with Crippen LogP contribution in [-0.2, 0) is 6.42 Å². The number of aryl methyl sites for hydroxylation is 1. The van der Waals surface area contributed by atoms with Gasteiger partial charge >= 0.3 is 6.09 Å². The highest BCUT2D eigenvalue weighted by molar-refractivity contribution is 5.65. The molecule has 0 aromatic heterocycles. The van der Waals surface area contributed by atoms with Gasteiger partial charge in [-0.05, 0) is 48.4 Å². The molecule has 1 heterocycles. The molecule has 1 aromatic carbocycles. The zero-order chi connectivity index (χ0) is 15.6. The van der Waals surface area contributed by atoms with E-state index in [1.165, 1.54) is 10.5 Å². The Kier molecular flexibility index (Phi) is 4.52. The van der Waals surface area contributed by atoms with Crippen LogP contribution in [0.25, 0.3) is 0 Å². The van der Waals surface area contributed by atoms with Crippen molar-refractivity contribution < 1.29 is 9.90 Å². The van der Waals surface area contributed by atoms with E-state index in [9.17, 15) is 15.2 Å². The van der Waals surface area contributed by atoms with E-state index < -0.39 is 6.09 Å². The molecule has 1 amide bonds. The summed E-state index contributed by atoms with van der Waals surface area (Å²) in [4.78, 5) is 12.9. The molecule has 0 saturated carbocycles. The molecule has 2 rings (SSSR count). The third kappa shape index (κ3) is 3.36. The van der Waals surface area contributed by atoms with Crippen LogP contribution in [-0.4, -0.2) is 29.2 Å². The van der Waals surface area contributed by atoms with Crippen molar-refractivity contribution >= 4 is 6.09 Å². The summed E-state index contributed by atoms with van der Waals surface area (Å²) in [6.07, 6.45) is 0.793. The number of hydrogen-bond acceptors (Lipinski definition) is 2. The summed E-state index contributed by atoms with van der Waals surface area (Å²) >= 11 is 0. The van der Waals surface area contributed by atoms with Crippen LogP contribution in [0.2, 0.25) is 0 Å². The van der Waals surface area contributed by atoms with Crippen LogP contribution < -0.4 is 0 Å². The highest BCUT2D eigenvalue weighted by atomic mass is 16.4. The first-order valence-corrected chi connectivity index (χ1v) is 7.43. The third-order valence-corrected chi connectivity index (χ3v) is 4.16. The van der Waals surface area contributed by atoms with E-state index in [1.54, 1.807) is 0 Å². The number of rotatable bonds is 2. The lowest BCUT2D eigenvalue weighted by molar-refractivity contribution is 0.142. The van der Waals surface area contributed by atoms with Crippen LogP contribution in [0, 0.1) is 24.2 Å². The van der Waals surface area contributed by atoms with E-state index in [4.69, 9.17) is 0 Å². The monoisotopic (exact) mass is 286 g/mol. The predicted octanol–water partition coefficient (Wildman–Crippen LogP) is 3.53. The topological polar surface area (TPSA) is 64.3 Å². The fourth-order valence-corrected chi connectivity index (χ4v) is 3.15. The van der Waals surface area contributed by atoms with Gasteiger partial charge in [-0.15, -0.1) is 0 Å². The number of carbonyl (C=O) groups is 1. The average molecular weight is 286 g/mol. The summed E-state index contributed by atoms with van der Waals surface area (Å²) in [6.45, 7) is 7.32. The van der Waals surface area contributed by atoms with Gasteiger partial charge in [0, 0.05) is 19.0 Å². The minimum Gasteiger partial charge on any atom is -0.465 e. The summed E-state index contributed by atoms with van der Waals surface area (Å²) in [5.74, 6) is 0.720.